The molecule has 0 spiro atoms. The molecule has 0 saturated carbocycles. The molecule has 1 atom stereocenters. The minimum Gasteiger partial charge on any atom is -0.423 e. The molecule has 0 bridgehead atoms. The second-order valence-corrected chi connectivity index (χ2v) is 7.53. The molecule has 7 heteroatoms. The summed E-state index contributed by atoms with van der Waals surface area (Å²) >= 11 is 1.35. The third-order valence-corrected chi connectivity index (χ3v) is 5.42. The summed E-state index contributed by atoms with van der Waals surface area (Å²) in [5, 5.41) is 3.03. The molecule has 1 aromatic carbocycles. The number of oxazole rings is 1. The molecular weight excluding hydrogens is 336 g/mol. The van der Waals surface area contributed by atoms with Gasteiger partial charge in [0.1, 0.15) is 5.52 Å². The van der Waals surface area contributed by atoms with Crippen molar-refractivity contribution in [2.75, 3.05) is 24.5 Å². The Morgan fingerprint density at radius 3 is 3.08 bits per heavy atom. The SMILES string of the molecule is Cc1sncc1C(=O)NCC1CCN(c2nc3c(C)cccc3o2)C1. The summed E-state index contributed by atoms with van der Waals surface area (Å²) in [6.07, 6.45) is 2.65. The maximum absolute atomic E-state index is 12.2. The number of amides is 1. The highest BCUT2D eigenvalue weighted by atomic mass is 32.1. The molecule has 4 rings (SSSR count). The summed E-state index contributed by atoms with van der Waals surface area (Å²) in [5.74, 6) is 0.356. The largest absolute Gasteiger partial charge is 0.423 e. The van der Waals surface area contributed by atoms with E-state index in [2.05, 4.69) is 19.6 Å². The van der Waals surface area contributed by atoms with Gasteiger partial charge in [-0.25, -0.2) is 4.37 Å². The first-order chi connectivity index (χ1) is 12.1. The zero-order chi connectivity index (χ0) is 17.4. The second kappa shape index (κ2) is 6.48. The van der Waals surface area contributed by atoms with E-state index in [1.807, 2.05) is 32.0 Å². The fourth-order valence-corrected chi connectivity index (χ4v) is 3.79. The fourth-order valence-electron chi connectivity index (χ4n) is 3.23. The van der Waals surface area contributed by atoms with E-state index in [1.165, 1.54) is 11.5 Å². The van der Waals surface area contributed by atoms with Gasteiger partial charge in [0, 0.05) is 24.5 Å². The highest BCUT2D eigenvalue weighted by Gasteiger charge is 2.26. The van der Waals surface area contributed by atoms with Crippen molar-refractivity contribution >= 4 is 34.6 Å². The molecule has 1 aliphatic heterocycles. The molecule has 6 nitrogen and oxygen atoms in total. The summed E-state index contributed by atoms with van der Waals surface area (Å²) in [6, 6.07) is 6.65. The maximum atomic E-state index is 12.2. The monoisotopic (exact) mass is 356 g/mol. The zero-order valence-electron chi connectivity index (χ0n) is 14.3. The van der Waals surface area contributed by atoms with Crippen molar-refractivity contribution in [2.24, 2.45) is 5.92 Å². The lowest BCUT2D eigenvalue weighted by Crippen LogP contribution is -2.31. The summed E-state index contributed by atoms with van der Waals surface area (Å²) < 4.78 is 9.96. The van der Waals surface area contributed by atoms with Crippen molar-refractivity contribution < 1.29 is 9.21 Å². The first-order valence-electron chi connectivity index (χ1n) is 8.42. The number of rotatable bonds is 4. The van der Waals surface area contributed by atoms with E-state index < -0.39 is 0 Å². The number of aryl methyl sites for hydroxylation is 2. The predicted octanol–water partition coefficient (Wildman–Crippen LogP) is 3.16. The Balaban J connectivity index is 1.38. The molecule has 2 aromatic heterocycles. The Morgan fingerprint density at radius 2 is 2.32 bits per heavy atom. The lowest BCUT2D eigenvalue weighted by Gasteiger charge is -2.14. The van der Waals surface area contributed by atoms with Crippen LogP contribution in [-0.2, 0) is 0 Å². The maximum Gasteiger partial charge on any atom is 0.298 e. The van der Waals surface area contributed by atoms with E-state index in [4.69, 9.17) is 4.42 Å². The number of aromatic nitrogens is 2. The Hall–Kier alpha value is -2.41. The van der Waals surface area contributed by atoms with Crippen molar-refractivity contribution in [3.05, 3.63) is 40.4 Å². The van der Waals surface area contributed by atoms with Crippen LogP contribution in [0.4, 0.5) is 6.01 Å². The molecule has 1 amide bonds. The molecule has 1 saturated heterocycles. The van der Waals surface area contributed by atoms with Gasteiger partial charge in [-0.05, 0) is 49.3 Å². The number of anilines is 1. The number of nitrogens with zero attached hydrogens (tertiary/aromatic N) is 3. The van der Waals surface area contributed by atoms with Crippen molar-refractivity contribution in [1.82, 2.24) is 14.7 Å². The normalized spacial score (nSPS) is 17.4. The number of hydrogen-bond acceptors (Lipinski definition) is 6. The number of carbonyl (C=O) groups is 1. The van der Waals surface area contributed by atoms with Gasteiger partial charge in [-0.2, -0.15) is 4.98 Å². The van der Waals surface area contributed by atoms with Gasteiger partial charge in [-0.15, -0.1) is 0 Å². The molecular formula is C18H20N4O2S. The minimum atomic E-state index is -0.0396. The first kappa shape index (κ1) is 16.1. The molecule has 1 unspecified atom stereocenters. The second-order valence-electron chi connectivity index (χ2n) is 6.52. The molecule has 130 valence electrons. The number of carbonyl (C=O) groups excluding carboxylic acids is 1. The first-order valence-corrected chi connectivity index (χ1v) is 9.19. The van der Waals surface area contributed by atoms with Crippen molar-refractivity contribution in [3.63, 3.8) is 0 Å². The fraction of sp³-hybridized carbons (Fsp3) is 0.389. The molecule has 1 aliphatic rings. The summed E-state index contributed by atoms with van der Waals surface area (Å²) in [7, 11) is 0. The van der Waals surface area contributed by atoms with Crippen LogP contribution in [0.3, 0.4) is 0 Å². The van der Waals surface area contributed by atoms with Crippen LogP contribution in [0.15, 0.2) is 28.8 Å². The van der Waals surface area contributed by atoms with E-state index in [-0.39, 0.29) is 5.91 Å². The van der Waals surface area contributed by atoms with Crippen LogP contribution in [0.25, 0.3) is 11.1 Å². The molecule has 3 aromatic rings. The smallest absolute Gasteiger partial charge is 0.298 e. The predicted molar refractivity (Wildman–Crippen MR) is 98.3 cm³/mol. The van der Waals surface area contributed by atoms with Crippen LogP contribution >= 0.6 is 11.5 Å². The van der Waals surface area contributed by atoms with E-state index in [0.29, 0.717) is 24.0 Å². The number of para-hydroxylation sites is 1. The number of benzene rings is 1. The van der Waals surface area contributed by atoms with Crippen LogP contribution in [0, 0.1) is 19.8 Å². The molecule has 1 N–H and O–H groups in total. The van der Waals surface area contributed by atoms with Gasteiger partial charge in [0.15, 0.2) is 5.58 Å². The van der Waals surface area contributed by atoms with Gasteiger partial charge in [0.25, 0.3) is 11.9 Å². The average molecular weight is 356 g/mol. The highest BCUT2D eigenvalue weighted by Crippen LogP contribution is 2.28. The topological polar surface area (TPSA) is 71.3 Å². The highest BCUT2D eigenvalue weighted by molar-refractivity contribution is 7.06. The lowest BCUT2D eigenvalue weighted by molar-refractivity contribution is 0.0948. The third kappa shape index (κ3) is 3.11. The number of hydrogen-bond donors (Lipinski definition) is 1. The van der Waals surface area contributed by atoms with Crippen molar-refractivity contribution in [3.8, 4) is 0 Å². The number of fused-ring (bicyclic) bond motifs is 1. The number of nitrogens with one attached hydrogen (secondary N) is 1. The third-order valence-electron chi connectivity index (χ3n) is 4.71. The van der Waals surface area contributed by atoms with Crippen LogP contribution in [0.5, 0.6) is 0 Å². The van der Waals surface area contributed by atoms with Gasteiger partial charge < -0.3 is 14.6 Å². The Kier molecular flexibility index (Phi) is 4.17. The van der Waals surface area contributed by atoms with Crippen molar-refractivity contribution in [2.45, 2.75) is 20.3 Å². The van der Waals surface area contributed by atoms with Gasteiger partial charge in [-0.3, -0.25) is 4.79 Å². The molecule has 25 heavy (non-hydrogen) atoms. The summed E-state index contributed by atoms with van der Waals surface area (Å²) in [4.78, 5) is 20.0. The molecule has 0 radical (unpaired) electrons. The van der Waals surface area contributed by atoms with Crippen LogP contribution in [0.2, 0.25) is 0 Å². The summed E-state index contributed by atoms with van der Waals surface area (Å²) in [5.41, 5.74) is 3.55. The van der Waals surface area contributed by atoms with Crippen molar-refractivity contribution in [1.29, 1.82) is 0 Å². The Labute approximate surface area is 150 Å². The van der Waals surface area contributed by atoms with E-state index >= 15 is 0 Å². The van der Waals surface area contributed by atoms with E-state index in [1.54, 1.807) is 6.20 Å². The van der Waals surface area contributed by atoms with Gasteiger partial charge in [0.05, 0.1) is 11.8 Å². The lowest BCUT2D eigenvalue weighted by atomic mass is 10.1. The van der Waals surface area contributed by atoms with E-state index in [9.17, 15) is 4.79 Å². The zero-order valence-corrected chi connectivity index (χ0v) is 15.1. The standard InChI is InChI=1S/C18H20N4O2S/c1-11-4-3-5-15-16(11)21-18(24-15)22-7-6-13(10-22)8-19-17(23)14-9-20-25-12(14)2/h3-5,9,13H,6-8,10H2,1-2H3,(H,19,23). The summed E-state index contributed by atoms with van der Waals surface area (Å²) in [6.45, 7) is 6.35. The van der Waals surface area contributed by atoms with Crippen LogP contribution in [-0.4, -0.2) is 34.9 Å². The van der Waals surface area contributed by atoms with Crippen LogP contribution < -0.4 is 10.2 Å². The average Bonchev–Trinajstić information content (AvgIpc) is 3.31. The van der Waals surface area contributed by atoms with Gasteiger partial charge in [-0.1, -0.05) is 12.1 Å². The van der Waals surface area contributed by atoms with Gasteiger partial charge >= 0.3 is 0 Å². The molecule has 1 fully saturated rings. The van der Waals surface area contributed by atoms with E-state index in [0.717, 1.165) is 41.1 Å². The molecule has 3 heterocycles. The quantitative estimate of drug-likeness (QED) is 0.777. The Bertz CT molecular complexity index is 917. The van der Waals surface area contributed by atoms with Crippen LogP contribution in [0.1, 0.15) is 27.2 Å². The molecule has 0 aliphatic carbocycles. The van der Waals surface area contributed by atoms with Gasteiger partial charge in [0.2, 0.25) is 0 Å². The minimum absolute atomic E-state index is 0.0396. The Morgan fingerprint density at radius 1 is 1.44 bits per heavy atom.